The van der Waals surface area contributed by atoms with Crippen molar-refractivity contribution < 1.29 is 4.74 Å². The Morgan fingerprint density at radius 2 is 2.16 bits per heavy atom. The van der Waals surface area contributed by atoms with Crippen molar-refractivity contribution in [2.75, 3.05) is 6.61 Å². The van der Waals surface area contributed by atoms with Crippen molar-refractivity contribution in [2.24, 2.45) is 5.92 Å². The van der Waals surface area contributed by atoms with Crippen LogP contribution in [0.15, 0.2) is 18.2 Å². The number of ether oxygens (including phenoxy) is 1. The highest BCUT2D eigenvalue weighted by atomic mass is 35.5. The molecule has 1 aliphatic heterocycles. The van der Waals surface area contributed by atoms with Crippen LogP contribution in [-0.4, -0.2) is 22.3 Å². The summed E-state index contributed by atoms with van der Waals surface area (Å²) in [6, 6.07) is 6.22. The van der Waals surface area contributed by atoms with E-state index >= 15 is 0 Å². The molecule has 2 heterocycles. The first kappa shape index (κ1) is 11.9. The monoisotopic (exact) mass is 294 g/mol. The summed E-state index contributed by atoms with van der Waals surface area (Å²) < 4.78 is 8.87. The van der Waals surface area contributed by atoms with Crippen molar-refractivity contribution in [2.45, 2.75) is 31.4 Å². The van der Waals surface area contributed by atoms with Crippen molar-refractivity contribution in [3.8, 4) is 0 Å². The van der Waals surface area contributed by atoms with E-state index in [2.05, 4.69) is 9.55 Å². The largest absolute Gasteiger partial charge is 0.376 e. The molecule has 3 nitrogen and oxygen atoms in total. The SMILES string of the molecule is S=c1[nH]c2cccc(Cl)c2n1C1CCOC1C1CC1. The summed E-state index contributed by atoms with van der Waals surface area (Å²) in [5, 5.41) is 0.756. The van der Waals surface area contributed by atoms with Crippen LogP contribution in [0.2, 0.25) is 5.02 Å². The first-order valence-corrected chi connectivity index (χ1v) is 7.54. The summed E-state index contributed by atoms with van der Waals surface area (Å²) in [6.07, 6.45) is 3.89. The Morgan fingerprint density at radius 3 is 2.95 bits per heavy atom. The molecule has 19 heavy (non-hydrogen) atoms. The van der Waals surface area contributed by atoms with Gasteiger partial charge < -0.3 is 14.3 Å². The molecule has 100 valence electrons. The van der Waals surface area contributed by atoms with Gasteiger partial charge in [0.15, 0.2) is 4.77 Å². The van der Waals surface area contributed by atoms with E-state index in [9.17, 15) is 0 Å². The minimum Gasteiger partial charge on any atom is -0.376 e. The van der Waals surface area contributed by atoms with Crippen molar-refractivity contribution in [1.29, 1.82) is 0 Å². The first-order valence-electron chi connectivity index (χ1n) is 6.76. The fourth-order valence-corrected chi connectivity index (χ4v) is 3.81. The maximum absolute atomic E-state index is 6.37. The standard InChI is InChI=1S/C14H15ClN2OS/c15-9-2-1-3-10-12(9)17(14(19)16-10)11-6-7-18-13(11)8-4-5-8/h1-3,8,11,13H,4-7H2,(H,16,19). The van der Waals surface area contributed by atoms with Crippen LogP contribution in [0, 0.1) is 10.7 Å². The van der Waals surface area contributed by atoms with Crippen LogP contribution in [0.3, 0.4) is 0 Å². The molecule has 2 unspecified atom stereocenters. The minimum absolute atomic E-state index is 0.307. The Hall–Kier alpha value is -0.840. The van der Waals surface area contributed by atoms with Crippen LogP contribution in [-0.2, 0) is 4.74 Å². The summed E-state index contributed by atoms with van der Waals surface area (Å²) in [5.41, 5.74) is 2.04. The number of H-pyrrole nitrogens is 1. The van der Waals surface area contributed by atoms with E-state index < -0.39 is 0 Å². The van der Waals surface area contributed by atoms with Gasteiger partial charge in [0.05, 0.1) is 28.2 Å². The first-order chi connectivity index (χ1) is 9.25. The quantitative estimate of drug-likeness (QED) is 0.846. The van der Waals surface area contributed by atoms with E-state index in [0.29, 0.717) is 18.1 Å². The van der Waals surface area contributed by atoms with Gasteiger partial charge in [-0.3, -0.25) is 0 Å². The second kappa shape index (κ2) is 4.33. The molecule has 1 aliphatic carbocycles. The molecule has 0 spiro atoms. The van der Waals surface area contributed by atoms with Gasteiger partial charge in [0.1, 0.15) is 0 Å². The third-order valence-electron chi connectivity index (χ3n) is 4.21. The lowest BCUT2D eigenvalue weighted by Crippen LogP contribution is -2.22. The minimum atomic E-state index is 0.307. The zero-order chi connectivity index (χ0) is 13.0. The average molecular weight is 295 g/mol. The predicted octanol–water partition coefficient (Wildman–Crippen LogP) is 4.09. The number of benzene rings is 1. The van der Waals surface area contributed by atoms with E-state index in [1.54, 1.807) is 0 Å². The van der Waals surface area contributed by atoms with Gasteiger partial charge in [-0.25, -0.2) is 0 Å². The van der Waals surface area contributed by atoms with E-state index in [0.717, 1.165) is 33.9 Å². The molecule has 0 bridgehead atoms. The summed E-state index contributed by atoms with van der Waals surface area (Å²) in [7, 11) is 0. The van der Waals surface area contributed by atoms with Gasteiger partial charge in [-0.1, -0.05) is 17.7 Å². The molecule has 1 saturated heterocycles. The zero-order valence-electron chi connectivity index (χ0n) is 10.4. The summed E-state index contributed by atoms with van der Waals surface area (Å²) >= 11 is 11.9. The second-order valence-electron chi connectivity index (χ2n) is 5.47. The highest BCUT2D eigenvalue weighted by Crippen LogP contribution is 2.44. The fourth-order valence-electron chi connectivity index (χ4n) is 3.21. The summed E-state index contributed by atoms with van der Waals surface area (Å²) in [5.74, 6) is 0.710. The number of rotatable bonds is 2. The molecular weight excluding hydrogens is 280 g/mol. The van der Waals surface area contributed by atoms with Gasteiger partial charge in [0.2, 0.25) is 0 Å². The van der Waals surface area contributed by atoms with Gasteiger partial charge in [-0.05, 0) is 49.5 Å². The number of fused-ring (bicyclic) bond motifs is 1. The molecule has 4 rings (SSSR count). The van der Waals surface area contributed by atoms with Crippen LogP contribution in [0.25, 0.3) is 11.0 Å². The van der Waals surface area contributed by atoms with Gasteiger partial charge in [0.25, 0.3) is 0 Å². The topological polar surface area (TPSA) is 29.9 Å². The number of aromatic amines is 1. The van der Waals surface area contributed by atoms with E-state index in [4.69, 9.17) is 28.6 Å². The van der Waals surface area contributed by atoms with Crippen molar-refractivity contribution in [3.05, 3.63) is 28.0 Å². The van der Waals surface area contributed by atoms with Crippen LogP contribution in [0.1, 0.15) is 25.3 Å². The molecule has 2 atom stereocenters. The molecule has 1 aromatic carbocycles. The highest BCUT2D eigenvalue weighted by molar-refractivity contribution is 7.71. The molecule has 1 saturated carbocycles. The number of nitrogens with zero attached hydrogens (tertiary/aromatic N) is 1. The van der Waals surface area contributed by atoms with Crippen LogP contribution in [0.4, 0.5) is 0 Å². The molecule has 5 heteroatoms. The van der Waals surface area contributed by atoms with Crippen LogP contribution in [0.5, 0.6) is 0 Å². The Balaban J connectivity index is 1.90. The lowest BCUT2D eigenvalue weighted by molar-refractivity contribution is 0.0756. The Kier molecular flexibility index (Phi) is 2.72. The maximum Gasteiger partial charge on any atom is 0.178 e. The molecule has 0 amide bonds. The fraction of sp³-hybridized carbons (Fsp3) is 0.500. The van der Waals surface area contributed by atoms with Crippen molar-refractivity contribution >= 4 is 34.9 Å². The number of hydrogen-bond donors (Lipinski definition) is 1. The van der Waals surface area contributed by atoms with Crippen LogP contribution >= 0.6 is 23.8 Å². The summed E-state index contributed by atoms with van der Waals surface area (Å²) in [6.45, 7) is 0.824. The Morgan fingerprint density at radius 1 is 1.32 bits per heavy atom. The average Bonchev–Trinajstić information content (AvgIpc) is 3.01. The number of aromatic nitrogens is 2. The molecule has 2 aromatic rings. The number of imidazole rings is 1. The molecule has 1 aromatic heterocycles. The number of nitrogens with one attached hydrogen (secondary N) is 1. The smallest absolute Gasteiger partial charge is 0.178 e. The number of hydrogen-bond acceptors (Lipinski definition) is 2. The second-order valence-corrected chi connectivity index (χ2v) is 6.26. The number of halogens is 1. The maximum atomic E-state index is 6.37. The third kappa shape index (κ3) is 1.85. The lowest BCUT2D eigenvalue weighted by Gasteiger charge is -2.20. The van der Waals surface area contributed by atoms with Gasteiger partial charge in [-0.2, -0.15) is 0 Å². The molecule has 1 N–H and O–H groups in total. The molecular formula is C14H15ClN2OS. The van der Waals surface area contributed by atoms with Gasteiger partial charge in [-0.15, -0.1) is 0 Å². The van der Waals surface area contributed by atoms with Gasteiger partial charge >= 0.3 is 0 Å². The lowest BCUT2D eigenvalue weighted by atomic mass is 10.1. The van der Waals surface area contributed by atoms with Crippen molar-refractivity contribution in [3.63, 3.8) is 0 Å². The third-order valence-corrected chi connectivity index (χ3v) is 4.81. The van der Waals surface area contributed by atoms with E-state index in [1.165, 1.54) is 12.8 Å². The summed E-state index contributed by atoms with van der Waals surface area (Å²) in [4.78, 5) is 3.26. The van der Waals surface area contributed by atoms with Crippen molar-refractivity contribution in [1.82, 2.24) is 9.55 Å². The Bertz CT molecular complexity index is 688. The number of para-hydroxylation sites is 1. The van der Waals surface area contributed by atoms with Gasteiger partial charge in [0, 0.05) is 6.61 Å². The van der Waals surface area contributed by atoms with Crippen LogP contribution < -0.4 is 0 Å². The zero-order valence-corrected chi connectivity index (χ0v) is 12.0. The van der Waals surface area contributed by atoms with E-state index in [-0.39, 0.29) is 0 Å². The highest BCUT2D eigenvalue weighted by Gasteiger charge is 2.42. The molecule has 2 fully saturated rings. The molecule has 0 radical (unpaired) electrons. The predicted molar refractivity (Wildman–Crippen MR) is 78.3 cm³/mol. The Labute approximate surface area is 121 Å². The van der Waals surface area contributed by atoms with E-state index in [1.807, 2.05) is 18.2 Å². The normalized spacial score (nSPS) is 27.2. The molecule has 2 aliphatic rings.